The van der Waals surface area contributed by atoms with Crippen molar-refractivity contribution in [2.75, 3.05) is 13.4 Å². The monoisotopic (exact) mass is 358 g/mol. The van der Waals surface area contributed by atoms with E-state index in [9.17, 15) is 4.21 Å². The van der Waals surface area contributed by atoms with E-state index >= 15 is 0 Å². The number of nitrogens with zero attached hydrogens (tertiary/aromatic N) is 4. The number of ether oxygens (including phenoxy) is 1. The maximum Gasteiger partial charge on any atom is 0.215 e. The first-order valence-corrected chi connectivity index (χ1v) is 9.60. The second kappa shape index (κ2) is 5.95. The highest BCUT2D eigenvalue weighted by Crippen LogP contribution is 2.26. The SMILES string of the molecule is COc1ccc2ncn(Cc3ccc4nc(S(C)=O)sc4c3)c2n1. The summed E-state index contributed by atoms with van der Waals surface area (Å²) >= 11 is 1.47. The van der Waals surface area contributed by atoms with E-state index in [0.717, 1.165) is 26.9 Å². The average Bonchev–Trinajstić information content (AvgIpc) is 3.18. The summed E-state index contributed by atoms with van der Waals surface area (Å²) in [5.74, 6) is 0.567. The van der Waals surface area contributed by atoms with Crippen LogP contribution in [0, 0.1) is 0 Å². The van der Waals surface area contributed by atoms with Gasteiger partial charge in [0.15, 0.2) is 9.99 Å². The van der Waals surface area contributed by atoms with E-state index in [0.29, 0.717) is 16.8 Å². The van der Waals surface area contributed by atoms with E-state index < -0.39 is 10.8 Å². The lowest BCUT2D eigenvalue weighted by Crippen LogP contribution is -1.99. The molecule has 6 nitrogen and oxygen atoms in total. The molecule has 3 aromatic heterocycles. The molecule has 0 radical (unpaired) electrons. The van der Waals surface area contributed by atoms with Crippen molar-refractivity contribution in [2.24, 2.45) is 0 Å². The molecule has 1 aromatic carbocycles. The lowest BCUT2D eigenvalue weighted by atomic mass is 10.2. The molecule has 0 aliphatic carbocycles. The summed E-state index contributed by atoms with van der Waals surface area (Å²) in [6, 6.07) is 9.76. The molecule has 3 heterocycles. The largest absolute Gasteiger partial charge is 0.481 e. The third kappa shape index (κ3) is 2.67. The molecule has 0 aliphatic rings. The fourth-order valence-electron chi connectivity index (χ4n) is 2.52. The first-order chi connectivity index (χ1) is 11.6. The topological polar surface area (TPSA) is 69.9 Å². The molecule has 0 fully saturated rings. The third-order valence-corrected chi connectivity index (χ3v) is 6.03. The molecular formula is C16H14N4O2S2. The number of rotatable bonds is 4. The summed E-state index contributed by atoms with van der Waals surface area (Å²) in [5.41, 5.74) is 3.61. The Morgan fingerprint density at radius 3 is 2.83 bits per heavy atom. The Labute approximate surface area is 144 Å². The predicted octanol–water partition coefficient (Wildman–Crippen LogP) is 2.84. The minimum atomic E-state index is -1.05. The van der Waals surface area contributed by atoms with Crippen molar-refractivity contribution in [2.45, 2.75) is 10.9 Å². The van der Waals surface area contributed by atoms with E-state index in [4.69, 9.17) is 4.74 Å². The first kappa shape index (κ1) is 15.2. The van der Waals surface area contributed by atoms with Crippen LogP contribution in [0.3, 0.4) is 0 Å². The average molecular weight is 358 g/mol. The summed E-state index contributed by atoms with van der Waals surface area (Å²) in [6.45, 7) is 0.648. The molecular weight excluding hydrogens is 344 g/mol. The van der Waals surface area contributed by atoms with Crippen LogP contribution < -0.4 is 4.74 Å². The molecule has 8 heteroatoms. The highest BCUT2D eigenvalue weighted by atomic mass is 32.2. The number of imidazole rings is 1. The molecule has 0 saturated carbocycles. The van der Waals surface area contributed by atoms with Crippen LogP contribution in [-0.4, -0.2) is 37.1 Å². The van der Waals surface area contributed by atoms with Crippen LogP contribution in [0.4, 0.5) is 0 Å². The minimum Gasteiger partial charge on any atom is -0.481 e. The van der Waals surface area contributed by atoms with Crippen LogP contribution >= 0.6 is 11.3 Å². The van der Waals surface area contributed by atoms with Gasteiger partial charge in [0.2, 0.25) is 5.88 Å². The number of hydrogen-bond acceptors (Lipinski definition) is 6. The number of aromatic nitrogens is 4. The molecule has 0 N–H and O–H groups in total. The van der Waals surface area contributed by atoms with E-state index in [1.807, 2.05) is 22.8 Å². The van der Waals surface area contributed by atoms with Gasteiger partial charge in [0.25, 0.3) is 0 Å². The van der Waals surface area contributed by atoms with Gasteiger partial charge in [0.05, 0.1) is 41.0 Å². The van der Waals surface area contributed by atoms with Gasteiger partial charge >= 0.3 is 0 Å². The van der Waals surface area contributed by atoms with Gasteiger partial charge in [0.1, 0.15) is 5.52 Å². The zero-order valence-electron chi connectivity index (χ0n) is 13.1. The van der Waals surface area contributed by atoms with E-state index in [-0.39, 0.29) is 0 Å². The van der Waals surface area contributed by atoms with Gasteiger partial charge < -0.3 is 9.30 Å². The van der Waals surface area contributed by atoms with Crippen LogP contribution in [0.25, 0.3) is 21.4 Å². The highest BCUT2D eigenvalue weighted by molar-refractivity contribution is 7.86. The quantitative estimate of drug-likeness (QED) is 0.561. The Balaban J connectivity index is 1.72. The number of fused-ring (bicyclic) bond motifs is 2. The summed E-state index contributed by atoms with van der Waals surface area (Å²) in [4.78, 5) is 13.2. The van der Waals surface area contributed by atoms with E-state index in [1.54, 1.807) is 25.8 Å². The van der Waals surface area contributed by atoms with E-state index in [1.165, 1.54) is 11.3 Å². The van der Waals surface area contributed by atoms with Crippen molar-refractivity contribution in [3.63, 3.8) is 0 Å². The standard InChI is InChI=1S/C16H14N4O2S2/c1-22-14-6-5-12-15(19-14)20(9-17-12)8-10-3-4-11-13(7-10)23-16(18-11)24(2)21/h3-7,9H,8H2,1-2H3. The summed E-state index contributed by atoms with van der Waals surface area (Å²) in [7, 11) is 0.545. The third-order valence-electron chi connectivity index (χ3n) is 3.68. The minimum absolute atomic E-state index is 0.567. The van der Waals surface area contributed by atoms with Crippen LogP contribution in [-0.2, 0) is 17.3 Å². The van der Waals surface area contributed by atoms with Gasteiger partial charge in [-0.25, -0.2) is 9.97 Å². The van der Waals surface area contributed by atoms with Crippen LogP contribution in [0.1, 0.15) is 5.56 Å². The molecule has 4 rings (SSSR count). The molecule has 1 unspecified atom stereocenters. The fraction of sp³-hybridized carbons (Fsp3) is 0.188. The smallest absolute Gasteiger partial charge is 0.215 e. The normalized spacial score (nSPS) is 12.8. The second-order valence-electron chi connectivity index (χ2n) is 5.30. The zero-order chi connectivity index (χ0) is 16.7. The first-order valence-electron chi connectivity index (χ1n) is 7.23. The van der Waals surface area contributed by atoms with Crippen molar-refractivity contribution >= 4 is 43.5 Å². The van der Waals surface area contributed by atoms with Crippen molar-refractivity contribution in [1.82, 2.24) is 19.5 Å². The molecule has 0 aliphatic heterocycles. The molecule has 0 bridgehead atoms. The molecule has 122 valence electrons. The zero-order valence-corrected chi connectivity index (χ0v) is 14.7. The predicted molar refractivity (Wildman–Crippen MR) is 95.1 cm³/mol. The number of hydrogen-bond donors (Lipinski definition) is 0. The van der Waals surface area contributed by atoms with Crippen LogP contribution in [0.15, 0.2) is 41.0 Å². The summed E-state index contributed by atoms with van der Waals surface area (Å²) in [5, 5.41) is 0. The van der Waals surface area contributed by atoms with E-state index in [2.05, 4.69) is 21.0 Å². The molecule has 4 aromatic rings. The molecule has 0 saturated heterocycles. The Morgan fingerprint density at radius 1 is 1.21 bits per heavy atom. The molecule has 1 atom stereocenters. The lowest BCUT2D eigenvalue weighted by molar-refractivity contribution is 0.399. The number of benzene rings is 1. The number of pyridine rings is 1. The van der Waals surface area contributed by atoms with Gasteiger partial charge in [-0.1, -0.05) is 6.07 Å². The van der Waals surface area contributed by atoms with Crippen LogP contribution in [0.5, 0.6) is 5.88 Å². The molecule has 24 heavy (non-hydrogen) atoms. The number of methoxy groups -OCH3 is 1. The lowest BCUT2D eigenvalue weighted by Gasteiger charge is -2.05. The Kier molecular flexibility index (Phi) is 3.78. The van der Waals surface area contributed by atoms with Crippen LogP contribution in [0.2, 0.25) is 0 Å². The molecule has 0 amide bonds. The Morgan fingerprint density at radius 2 is 2.04 bits per heavy atom. The van der Waals surface area contributed by atoms with Gasteiger partial charge in [-0.15, -0.1) is 11.3 Å². The maximum absolute atomic E-state index is 11.6. The summed E-state index contributed by atoms with van der Waals surface area (Å²) < 4.78 is 20.5. The van der Waals surface area contributed by atoms with Gasteiger partial charge in [-0.05, 0) is 23.8 Å². The maximum atomic E-state index is 11.6. The highest BCUT2D eigenvalue weighted by Gasteiger charge is 2.10. The van der Waals surface area contributed by atoms with Crippen molar-refractivity contribution in [3.8, 4) is 5.88 Å². The Hall–Kier alpha value is -2.32. The Bertz CT molecular complexity index is 1070. The van der Waals surface area contributed by atoms with Gasteiger partial charge in [-0.2, -0.15) is 4.98 Å². The van der Waals surface area contributed by atoms with Crippen molar-refractivity contribution < 1.29 is 8.95 Å². The van der Waals surface area contributed by atoms with Crippen molar-refractivity contribution in [1.29, 1.82) is 0 Å². The number of thiazole rings is 1. The molecule has 0 spiro atoms. The van der Waals surface area contributed by atoms with Crippen molar-refractivity contribution in [3.05, 3.63) is 42.2 Å². The fourth-order valence-corrected chi connectivity index (χ4v) is 4.24. The van der Waals surface area contributed by atoms with Gasteiger partial charge in [0, 0.05) is 12.3 Å². The van der Waals surface area contributed by atoms with Gasteiger partial charge in [-0.3, -0.25) is 4.21 Å². The summed E-state index contributed by atoms with van der Waals surface area (Å²) in [6.07, 6.45) is 3.43. The second-order valence-corrected chi connectivity index (χ2v) is 7.89.